The van der Waals surface area contributed by atoms with Crippen LogP contribution in [0.2, 0.25) is 0 Å². The average molecular weight is 372 g/mol. The molecular weight excluding hydrogens is 358 g/mol. The molecule has 0 fully saturated rings. The summed E-state index contributed by atoms with van der Waals surface area (Å²) >= 11 is 0. The van der Waals surface area contributed by atoms with E-state index in [1.807, 2.05) is 18.2 Å². The van der Waals surface area contributed by atoms with Gasteiger partial charge in [0.1, 0.15) is 11.6 Å². The molecule has 2 aromatic carbocycles. The highest BCUT2D eigenvalue weighted by Crippen LogP contribution is 2.17. The molecule has 0 atom stereocenters. The maximum absolute atomic E-state index is 13.5. The number of esters is 1. The molecule has 0 radical (unpaired) electrons. The monoisotopic (exact) mass is 372 g/mol. The fourth-order valence-corrected chi connectivity index (χ4v) is 2.29. The van der Waals surface area contributed by atoms with E-state index in [4.69, 9.17) is 9.15 Å². The molecule has 0 saturated heterocycles. The molecule has 0 saturated carbocycles. The maximum Gasteiger partial charge on any atom is 0.306 e. The summed E-state index contributed by atoms with van der Waals surface area (Å²) in [5.41, 5.74) is 0.461. The van der Waals surface area contributed by atoms with E-state index >= 15 is 0 Å². The molecule has 0 unspecified atom stereocenters. The van der Waals surface area contributed by atoms with Crippen molar-refractivity contribution in [3.05, 3.63) is 71.6 Å². The van der Waals surface area contributed by atoms with Crippen LogP contribution in [0.4, 0.5) is 8.78 Å². The number of hydrogen-bond acceptors (Lipinski definition) is 6. The molecule has 3 rings (SSSR count). The van der Waals surface area contributed by atoms with Gasteiger partial charge in [-0.3, -0.25) is 9.59 Å². The van der Waals surface area contributed by atoms with Crippen molar-refractivity contribution < 1.29 is 27.5 Å². The van der Waals surface area contributed by atoms with Gasteiger partial charge in [-0.05, 0) is 24.3 Å². The van der Waals surface area contributed by atoms with Gasteiger partial charge in [-0.15, -0.1) is 10.2 Å². The number of hydrogen-bond donors (Lipinski definition) is 0. The Labute approximate surface area is 152 Å². The highest BCUT2D eigenvalue weighted by Gasteiger charge is 2.16. The Morgan fingerprint density at radius 2 is 1.78 bits per heavy atom. The number of ether oxygens (including phenoxy) is 1. The number of carbonyl (C=O) groups is 2. The van der Waals surface area contributed by atoms with E-state index in [9.17, 15) is 18.4 Å². The van der Waals surface area contributed by atoms with Crippen molar-refractivity contribution in [3.8, 4) is 11.5 Å². The van der Waals surface area contributed by atoms with Crippen LogP contribution < -0.4 is 0 Å². The maximum atomic E-state index is 13.5. The smallest absolute Gasteiger partial charge is 0.306 e. The molecule has 0 N–H and O–H groups in total. The van der Waals surface area contributed by atoms with Crippen LogP contribution in [0.1, 0.15) is 29.1 Å². The quantitative estimate of drug-likeness (QED) is 0.464. The Bertz CT molecular complexity index is 957. The van der Waals surface area contributed by atoms with E-state index in [1.165, 1.54) is 0 Å². The molecule has 3 aromatic rings. The molecule has 0 aliphatic rings. The van der Waals surface area contributed by atoms with Crippen LogP contribution >= 0.6 is 0 Å². The Morgan fingerprint density at radius 3 is 2.52 bits per heavy atom. The fourth-order valence-electron chi connectivity index (χ4n) is 2.29. The first-order chi connectivity index (χ1) is 13.0. The number of Topliss-reactive ketones (excluding diaryl/α,β-unsaturated/α-hetero) is 1. The number of benzene rings is 2. The molecular formula is C19H14F2N2O4. The summed E-state index contributed by atoms with van der Waals surface area (Å²) in [7, 11) is 0. The minimum atomic E-state index is -0.965. The molecule has 0 bridgehead atoms. The molecule has 8 heteroatoms. The van der Waals surface area contributed by atoms with E-state index in [-0.39, 0.29) is 30.9 Å². The summed E-state index contributed by atoms with van der Waals surface area (Å²) < 4.78 is 36.7. The summed E-state index contributed by atoms with van der Waals surface area (Å²) in [4.78, 5) is 23.7. The van der Waals surface area contributed by atoms with Gasteiger partial charge < -0.3 is 9.15 Å². The number of ketones is 1. The van der Waals surface area contributed by atoms with Gasteiger partial charge in [-0.25, -0.2) is 8.78 Å². The lowest BCUT2D eigenvalue weighted by atomic mass is 10.1. The van der Waals surface area contributed by atoms with Gasteiger partial charge in [-0.1, -0.05) is 18.2 Å². The minimum absolute atomic E-state index is 0.109. The first-order valence-electron chi connectivity index (χ1n) is 8.04. The van der Waals surface area contributed by atoms with Crippen molar-refractivity contribution in [2.75, 3.05) is 0 Å². The number of nitrogens with zero attached hydrogens (tertiary/aromatic N) is 2. The topological polar surface area (TPSA) is 82.3 Å². The molecule has 1 heterocycles. The lowest BCUT2D eigenvalue weighted by molar-refractivity contribution is -0.145. The van der Waals surface area contributed by atoms with Gasteiger partial charge in [0.2, 0.25) is 5.89 Å². The van der Waals surface area contributed by atoms with Crippen molar-refractivity contribution in [1.29, 1.82) is 0 Å². The number of rotatable bonds is 7. The number of carbonyl (C=O) groups excluding carboxylic acids is 2. The van der Waals surface area contributed by atoms with Gasteiger partial charge in [0, 0.05) is 18.1 Å². The van der Waals surface area contributed by atoms with Crippen LogP contribution in [0.5, 0.6) is 0 Å². The van der Waals surface area contributed by atoms with Gasteiger partial charge >= 0.3 is 5.97 Å². The number of halogens is 2. The number of aromatic nitrogens is 2. The third-order valence-corrected chi connectivity index (χ3v) is 3.63. The van der Waals surface area contributed by atoms with Crippen molar-refractivity contribution in [3.63, 3.8) is 0 Å². The normalized spacial score (nSPS) is 10.6. The highest BCUT2D eigenvalue weighted by atomic mass is 19.1. The SMILES string of the molecule is O=C(CCC(=O)c1ccc(F)cc1F)OCc1nnc(-c2ccccc2)o1. The zero-order chi connectivity index (χ0) is 19.2. The first kappa shape index (κ1) is 18.4. The summed E-state index contributed by atoms with van der Waals surface area (Å²) in [6, 6.07) is 11.7. The van der Waals surface area contributed by atoms with E-state index in [0.29, 0.717) is 12.0 Å². The van der Waals surface area contributed by atoms with Crippen LogP contribution in [0.25, 0.3) is 11.5 Å². The summed E-state index contributed by atoms with van der Waals surface area (Å²) in [6.07, 6.45) is -0.518. The standard InChI is InChI=1S/C19H14F2N2O4/c20-13-6-7-14(15(21)10-13)16(24)8-9-18(25)26-11-17-22-23-19(27-17)12-4-2-1-3-5-12/h1-7,10H,8-9,11H2. The minimum Gasteiger partial charge on any atom is -0.456 e. The van der Waals surface area contributed by atoms with Gasteiger partial charge in [0.05, 0.1) is 12.0 Å². The van der Waals surface area contributed by atoms with Crippen molar-refractivity contribution >= 4 is 11.8 Å². The molecule has 0 spiro atoms. The zero-order valence-electron chi connectivity index (χ0n) is 14.0. The lowest BCUT2D eigenvalue weighted by Gasteiger charge is -2.03. The average Bonchev–Trinajstić information content (AvgIpc) is 3.14. The first-order valence-corrected chi connectivity index (χ1v) is 8.04. The molecule has 138 valence electrons. The van der Waals surface area contributed by atoms with Crippen LogP contribution in [0, 0.1) is 11.6 Å². The fraction of sp³-hybridized carbons (Fsp3) is 0.158. The zero-order valence-corrected chi connectivity index (χ0v) is 14.0. The van der Waals surface area contributed by atoms with Crippen LogP contribution in [0.15, 0.2) is 52.9 Å². The Hall–Kier alpha value is -3.42. The highest BCUT2D eigenvalue weighted by molar-refractivity contribution is 5.97. The van der Waals surface area contributed by atoms with Crippen LogP contribution in [0.3, 0.4) is 0 Å². The molecule has 27 heavy (non-hydrogen) atoms. The molecule has 0 amide bonds. The largest absolute Gasteiger partial charge is 0.456 e. The second-order valence-electron chi connectivity index (χ2n) is 5.58. The van der Waals surface area contributed by atoms with E-state index in [0.717, 1.165) is 17.7 Å². The van der Waals surface area contributed by atoms with E-state index < -0.39 is 23.4 Å². The Morgan fingerprint density at radius 1 is 1.00 bits per heavy atom. The van der Waals surface area contributed by atoms with Crippen molar-refractivity contribution in [2.24, 2.45) is 0 Å². The predicted molar refractivity (Wildman–Crippen MR) is 89.5 cm³/mol. The second kappa shape index (κ2) is 8.31. The third kappa shape index (κ3) is 4.81. The summed E-state index contributed by atoms with van der Waals surface area (Å²) in [5.74, 6) is -2.63. The Kier molecular flexibility index (Phi) is 5.65. The van der Waals surface area contributed by atoms with Gasteiger partial charge in [0.15, 0.2) is 12.4 Å². The second-order valence-corrected chi connectivity index (χ2v) is 5.58. The third-order valence-electron chi connectivity index (χ3n) is 3.63. The van der Waals surface area contributed by atoms with Crippen LogP contribution in [-0.4, -0.2) is 21.9 Å². The summed E-state index contributed by atoms with van der Waals surface area (Å²) in [5, 5.41) is 7.64. The van der Waals surface area contributed by atoms with E-state index in [2.05, 4.69) is 10.2 Å². The molecule has 1 aromatic heterocycles. The van der Waals surface area contributed by atoms with Crippen molar-refractivity contribution in [1.82, 2.24) is 10.2 Å². The van der Waals surface area contributed by atoms with E-state index in [1.54, 1.807) is 12.1 Å². The van der Waals surface area contributed by atoms with Gasteiger partial charge in [-0.2, -0.15) is 0 Å². The Balaban J connectivity index is 1.49. The van der Waals surface area contributed by atoms with Crippen LogP contribution in [-0.2, 0) is 16.1 Å². The van der Waals surface area contributed by atoms with Gasteiger partial charge in [0.25, 0.3) is 5.89 Å². The molecule has 6 nitrogen and oxygen atoms in total. The molecule has 0 aliphatic heterocycles. The lowest BCUT2D eigenvalue weighted by Crippen LogP contribution is -2.09. The summed E-state index contributed by atoms with van der Waals surface area (Å²) in [6.45, 7) is -0.238. The predicted octanol–water partition coefficient (Wildman–Crippen LogP) is 3.72. The van der Waals surface area contributed by atoms with Crippen molar-refractivity contribution in [2.45, 2.75) is 19.4 Å². The molecule has 0 aliphatic carbocycles.